The first-order valence-electron chi connectivity index (χ1n) is 5.55. The molecule has 0 saturated heterocycles. The molecule has 0 N–H and O–H groups in total. The first kappa shape index (κ1) is 15.9. The van der Waals surface area contributed by atoms with Crippen molar-refractivity contribution in [1.82, 2.24) is 0 Å². The van der Waals surface area contributed by atoms with E-state index in [2.05, 4.69) is 12.1 Å². The number of hydrogen-bond acceptors (Lipinski definition) is 5. The van der Waals surface area contributed by atoms with Crippen molar-refractivity contribution in [2.45, 2.75) is 12.8 Å². The lowest BCUT2D eigenvalue weighted by atomic mass is 10.1. The number of thioether (sulfide) groups is 1. The molecule has 1 aromatic rings. The van der Waals surface area contributed by atoms with Crippen LogP contribution in [0.5, 0.6) is 0 Å². The minimum atomic E-state index is -3.19. The molecule has 0 aliphatic heterocycles. The molecule has 0 unspecified atom stereocenters. The van der Waals surface area contributed by atoms with Gasteiger partial charge in [-0.25, -0.2) is 0 Å². The van der Waals surface area contributed by atoms with Crippen molar-refractivity contribution in [3.63, 3.8) is 0 Å². The molecule has 0 aromatic heterocycles. The third-order valence-electron chi connectivity index (χ3n) is 2.38. The van der Waals surface area contributed by atoms with E-state index in [0.717, 1.165) is 18.6 Å². The number of benzene rings is 1. The van der Waals surface area contributed by atoms with Crippen LogP contribution in [0.3, 0.4) is 0 Å². The largest absolute Gasteiger partial charge is 0.377 e. The number of hydrogen-bond donors (Lipinski definition) is 0. The summed E-state index contributed by atoms with van der Waals surface area (Å²) in [6.07, 6.45) is 1.96. The van der Waals surface area contributed by atoms with E-state index in [9.17, 15) is 4.57 Å². The van der Waals surface area contributed by atoms with E-state index >= 15 is 0 Å². The number of thiocarbonyl (C=S) groups is 1. The highest BCUT2D eigenvalue weighted by Crippen LogP contribution is 2.51. The van der Waals surface area contributed by atoms with Gasteiger partial charge in [0.05, 0.1) is 0 Å². The average Bonchev–Trinajstić information content (AvgIpc) is 2.43. The van der Waals surface area contributed by atoms with Gasteiger partial charge in [0.2, 0.25) is 0 Å². The van der Waals surface area contributed by atoms with Crippen LogP contribution in [0.2, 0.25) is 0 Å². The van der Waals surface area contributed by atoms with Gasteiger partial charge in [-0.15, -0.1) is 11.8 Å². The predicted octanol–water partition coefficient (Wildman–Crippen LogP) is 4.12. The summed E-state index contributed by atoms with van der Waals surface area (Å²) in [5.74, 6) is 0.810. The standard InChI is InChI=1S/C12H17O3PS2/c1-14-16(13,15-2)12(17)18-10-6-9-11-7-4-3-5-8-11/h3-5,7-8H,6,9-10H2,1-2H3. The molecule has 0 saturated carbocycles. The monoisotopic (exact) mass is 304 g/mol. The second kappa shape index (κ2) is 8.08. The first-order chi connectivity index (χ1) is 8.62. The molecule has 0 aliphatic rings. The summed E-state index contributed by atoms with van der Waals surface area (Å²) >= 11 is 6.44. The molecule has 18 heavy (non-hydrogen) atoms. The maximum Gasteiger partial charge on any atom is 0.377 e. The minimum absolute atomic E-state index is 0.306. The predicted molar refractivity (Wildman–Crippen MR) is 81.4 cm³/mol. The summed E-state index contributed by atoms with van der Waals surface area (Å²) in [7, 11) is -0.493. The van der Waals surface area contributed by atoms with Crippen molar-refractivity contribution in [3.8, 4) is 0 Å². The van der Waals surface area contributed by atoms with Crippen molar-refractivity contribution >= 4 is 35.5 Å². The summed E-state index contributed by atoms with van der Waals surface area (Å²) in [6, 6.07) is 10.2. The highest BCUT2D eigenvalue weighted by Gasteiger charge is 2.27. The molecule has 0 bridgehead atoms. The third-order valence-corrected chi connectivity index (χ3v) is 6.61. The Morgan fingerprint density at radius 2 is 1.89 bits per heavy atom. The van der Waals surface area contributed by atoms with Gasteiger partial charge in [0.15, 0.2) is 3.94 Å². The maximum absolute atomic E-state index is 11.9. The Morgan fingerprint density at radius 1 is 1.28 bits per heavy atom. The van der Waals surface area contributed by atoms with Gasteiger partial charge < -0.3 is 9.05 Å². The molecular formula is C12H17O3PS2. The van der Waals surface area contributed by atoms with E-state index in [1.807, 2.05) is 18.2 Å². The molecule has 1 aromatic carbocycles. The molecule has 0 spiro atoms. The van der Waals surface area contributed by atoms with Gasteiger partial charge in [0.1, 0.15) is 0 Å². The second-order valence-electron chi connectivity index (χ2n) is 3.57. The molecule has 3 nitrogen and oxygen atoms in total. The Morgan fingerprint density at radius 3 is 2.44 bits per heavy atom. The summed E-state index contributed by atoms with van der Waals surface area (Å²) < 4.78 is 21.9. The Kier molecular flexibility index (Phi) is 7.12. The van der Waals surface area contributed by atoms with Crippen molar-refractivity contribution in [1.29, 1.82) is 0 Å². The second-order valence-corrected chi connectivity index (χ2v) is 8.12. The first-order valence-corrected chi connectivity index (χ1v) is 8.49. The van der Waals surface area contributed by atoms with Crippen LogP contribution in [-0.4, -0.2) is 23.9 Å². The summed E-state index contributed by atoms with van der Waals surface area (Å²) in [5, 5.41) is 0. The molecule has 0 heterocycles. The Balaban J connectivity index is 2.30. The molecular weight excluding hydrogens is 287 g/mol. The SMILES string of the molecule is COP(=O)(OC)C(=S)SCCCc1ccccc1. The molecule has 0 fully saturated rings. The van der Waals surface area contributed by atoms with Gasteiger partial charge in [-0.05, 0) is 24.2 Å². The van der Waals surface area contributed by atoms with E-state index in [-0.39, 0.29) is 0 Å². The fraction of sp³-hybridized carbons (Fsp3) is 0.417. The van der Waals surface area contributed by atoms with Crippen LogP contribution in [0.4, 0.5) is 0 Å². The molecule has 0 aliphatic carbocycles. The van der Waals surface area contributed by atoms with E-state index in [0.29, 0.717) is 3.94 Å². The van der Waals surface area contributed by atoms with Crippen molar-refractivity contribution in [3.05, 3.63) is 35.9 Å². The van der Waals surface area contributed by atoms with E-state index in [4.69, 9.17) is 21.3 Å². The van der Waals surface area contributed by atoms with Crippen molar-refractivity contribution in [2.75, 3.05) is 20.0 Å². The summed E-state index contributed by atoms with van der Waals surface area (Å²) in [5.41, 5.74) is 1.30. The zero-order valence-electron chi connectivity index (χ0n) is 10.5. The summed E-state index contributed by atoms with van der Waals surface area (Å²) in [6.45, 7) is 0. The smallest absolute Gasteiger partial charge is 0.308 e. The number of aryl methyl sites for hydroxylation is 1. The Hall–Kier alpha value is -0.190. The topological polar surface area (TPSA) is 35.5 Å². The fourth-order valence-corrected chi connectivity index (χ4v) is 4.34. The van der Waals surface area contributed by atoms with Gasteiger partial charge in [0.25, 0.3) is 0 Å². The highest BCUT2D eigenvalue weighted by atomic mass is 32.2. The van der Waals surface area contributed by atoms with Gasteiger partial charge >= 0.3 is 7.60 Å². The lowest BCUT2D eigenvalue weighted by molar-refractivity contribution is 0.291. The van der Waals surface area contributed by atoms with Crippen LogP contribution in [0, 0.1) is 0 Å². The lowest BCUT2D eigenvalue weighted by Gasteiger charge is -2.13. The van der Waals surface area contributed by atoms with Crippen LogP contribution < -0.4 is 0 Å². The van der Waals surface area contributed by atoms with Crippen LogP contribution in [0.15, 0.2) is 30.3 Å². The highest BCUT2D eigenvalue weighted by molar-refractivity contribution is 8.35. The molecule has 100 valence electrons. The van der Waals surface area contributed by atoms with Crippen molar-refractivity contribution in [2.24, 2.45) is 0 Å². The number of rotatable bonds is 7. The van der Waals surface area contributed by atoms with Crippen molar-refractivity contribution < 1.29 is 13.6 Å². The van der Waals surface area contributed by atoms with Crippen LogP contribution in [0.25, 0.3) is 0 Å². The normalized spacial score (nSPS) is 11.4. The third kappa shape index (κ3) is 4.82. The van der Waals surface area contributed by atoms with Gasteiger partial charge in [-0.3, -0.25) is 4.57 Å². The zero-order chi connectivity index (χ0) is 13.4. The molecule has 6 heteroatoms. The van der Waals surface area contributed by atoms with E-state index in [1.165, 1.54) is 31.5 Å². The van der Waals surface area contributed by atoms with E-state index < -0.39 is 7.60 Å². The van der Waals surface area contributed by atoms with Crippen LogP contribution in [-0.2, 0) is 20.0 Å². The zero-order valence-corrected chi connectivity index (χ0v) is 13.0. The Labute approximate surface area is 118 Å². The van der Waals surface area contributed by atoms with E-state index in [1.54, 1.807) is 0 Å². The molecule has 0 radical (unpaired) electrons. The maximum atomic E-state index is 11.9. The fourth-order valence-electron chi connectivity index (χ4n) is 1.38. The lowest BCUT2D eigenvalue weighted by Crippen LogP contribution is -1.98. The minimum Gasteiger partial charge on any atom is -0.308 e. The van der Waals surface area contributed by atoms with Gasteiger partial charge in [-0.2, -0.15) is 0 Å². The molecule has 1 rings (SSSR count). The van der Waals surface area contributed by atoms with Gasteiger partial charge in [-0.1, -0.05) is 42.5 Å². The van der Waals surface area contributed by atoms with Gasteiger partial charge in [0, 0.05) is 14.2 Å². The van der Waals surface area contributed by atoms with Crippen LogP contribution >= 0.6 is 31.6 Å². The quantitative estimate of drug-likeness (QED) is 0.430. The van der Waals surface area contributed by atoms with Crippen LogP contribution in [0.1, 0.15) is 12.0 Å². The Bertz CT molecular complexity index is 415. The molecule has 0 amide bonds. The summed E-state index contributed by atoms with van der Waals surface area (Å²) in [4.78, 5) is 0. The molecule has 0 atom stereocenters. The average molecular weight is 304 g/mol.